The molecule has 7 nitrogen and oxygen atoms in total. The van der Waals surface area contributed by atoms with Gasteiger partial charge in [-0.05, 0) is 61.7 Å². The molecule has 1 saturated carbocycles. The Morgan fingerprint density at radius 3 is 2.33 bits per heavy atom. The summed E-state index contributed by atoms with van der Waals surface area (Å²) in [6, 6.07) is 21.1. The quantitative estimate of drug-likeness (QED) is 0.286. The number of anilines is 1. The average molecular weight is 647 g/mol. The van der Waals surface area contributed by atoms with E-state index in [0.717, 1.165) is 36.4 Å². The first kappa shape index (κ1) is 30.1. The summed E-state index contributed by atoms with van der Waals surface area (Å²) in [6.45, 7) is 1.22. The summed E-state index contributed by atoms with van der Waals surface area (Å²) < 4.78 is 29.4. The summed E-state index contributed by atoms with van der Waals surface area (Å²) in [5, 5.41) is 3.56. The summed E-state index contributed by atoms with van der Waals surface area (Å²) in [5.41, 5.74) is 0.985. The molecule has 0 bridgehead atoms. The van der Waals surface area contributed by atoms with E-state index in [2.05, 4.69) is 21.2 Å². The van der Waals surface area contributed by atoms with Crippen LogP contribution in [0.1, 0.15) is 44.6 Å². The molecule has 2 amide bonds. The van der Waals surface area contributed by atoms with Crippen molar-refractivity contribution in [2.45, 2.75) is 62.6 Å². The highest BCUT2D eigenvalue weighted by Gasteiger charge is 2.33. The Balaban J connectivity index is 1.67. The second-order valence-electron chi connectivity index (χ2n) is 9.94. The van der Waals surface area contributed by atoms with Crippen LogP contribution < -0.4 is 9.62 Å². The molecule has 0 unspecified atom stereocenters. The van der Waals surface area contributed by atoms with Gasteiger partial charge in [-0.3, -0.25) is 13.9 Å². The number of halogens is 2. The molecular formula is C30H33BrClN3O4S. The van der Waals surface area contributed by atoms with E-state index in [1.807, 2.05) is 6.07 Å². The third-order valence-electron chi connectivity index (χ3n) is 7.12. The highest BCUT2D eigenvalue weighted by atomic mass is 79.9. The summed E-state index contributed by atoms with van der Waals surface area (Å²) in [4.78, 5) is 28.9. The fraction of sp³-hybridized carbons (Fsp3) is 0.333. The topological polar surface area (TPSA) is 86.8 Å². The molecular weight excluding hydrogens is 614 g/mol. The summed E-state index contributed by atoms with van der Waals surface area (Å²) >= 11 is 9.84. The van der Waals surface area contributed by atoms with Crippen LogP contribution in [-0.4, -0.2) is 43.8 Å². The minimum Gasteiger partial charge on any atom is -0.352 e. The maximum atomic E-state index is 14.0. The van der Waals surface area contributed by atoms with Gasteiger partial charge in [-0.2, -0.15) is 0 Å². The van der Waals surface area contributed by atoms with Crippen LogP contribution in [0.5, 0.6) is 0 Å². The largest absolute Gasteiger partial charge is 0.352 e. The molecule has 4 rings (SSSR count). The molecule has 0 radical (unpaired) electrons. The number of carbonyl (C=O) groups is 2. The maximum Gasteiger partial charge on any atom is 0.264 e. The third kappa shape index (κ3) is 7.44. The number of carbonyl (C=O) groups excluding carboxylic acids is 2. The van der Waals surface area contributed by atoms with Gasteiger partial charge >= 0.3 is 0 Å². The number of nitrogens with zero attached hydrogens (tertiary/aromatic N) is 2. The molecule has 1 N–H and O–H groups in total. The van der Waals surface area contributed by atoms with Crippen LogP contribution in [0.2, 0.25) is 5.02 Å². The van der Waals surface area contributed by atoms with E-state index in [9.17, 15) is 18.0 Å². The molecule has 40 heavy (non-hydrogen) atoms. The summed E-state index contributed by atoms with van der Waals surface area (Å²) in [5.74, 6) is -0.794. The standard InChI is InChI=1S/C30H33BrClN3O4S/c1-22(30(37)33-25-13-4-2-5-14-25)34(20-23-11-8-9-18-28(23)32)29(36)21-35(26-15-10-12-24(31)19-26)40(38,39)27-16-6-3-7-17-27/h3,6-12,15-19,22,25H,2,4-5,13-14,20-21H2,1H3,(H,33,37)/t22-/m0/s1. The minimum atomic E-state index is -4.11. The van der Waals surface area contributed by atoms with Crippen molar-refractivity contribution in [3.05, 3.63) is 93.9 Å². The first-order valence-electron chi connectivity index (χ1n) is 13.3. The molecule has 0 aromatic heterocycles. The van der Waals surface area contributed by atoms with Crippen molar-refractivity contribution in [1.29, 1.82) is 0 Å². The molecule has 10 heteroatoms. The number of sulfonamides is 1. The van der Waals surface area contributed by atoms with E-state index >= 15 is 0 Å². The van der Waals surface area contributed by atoms with Gasteiger partial charge < -0.3 is 10.2 Å². The molecule has 1 atom stereocenters. The smallest absolute Gasteiger partial charge is 0.264 e. The zero-order valence-electron chi connectivity index (χ0n) is 22.3. The Bertz CT molecular complexity index is 1430. The van der Waals surface area contributed by atoms with Crippen molar-refractivity contribution >= 4 is 55.1 Å². The fourth-order valence-electron chi connectivity index (χ4n) is 4.84. The van der Waals surface area contributed by atoms with E-state index in [4.69, 9.17) is 11.6 Å². The maximum absolute atomic E-state index is 14.0. The number of amides is 2. The van der Waals surface area contributed by atoms with Crippen LogP contribution in [0.15, 0.2) is 88.2 Å². The number of nitrogens with one attached hydrogen (secondary N) is 1. The Hall–Kier alpha value is -2.88. The van der Waals surface area contributed by atoms with E-state index in [1.54, 1.807) is 67.6 Å². The molecule has 1 aliphatic rings. The average Bonchev–Trinajstić information content (AvgIpc) is 2.96. The second kappa shape index (κ2) is 13.7. The lowest BCUT2D eigenvalue weighted by atomic mass is 9.95. The van der Waals surface area contributed by atoms with Gasteiger partial charge in [0, 0.05) is 22.1 Å². The van der Waals surface area contributed by atoms with E-state index in [1.165, 1.54) is 17.0 Å². The normalized spacial score (nSPS) is 14.8. The Labute approximate surface area is 249 Å². The number of rotatable bonds is 10. The van der Waals surface area contributed by atoms with E-state index < -0.39 is 28.5 Å². The van der Waals surface area contributed by atoms with Crippen LogP contribution in [0.4, 0.5) is 5.69 Å². The number of benzene rings is 3. The van der Waals surface area contributed by atoms with Gasteiger partial charge in [0.05, 0.1) is 10.6 Å². The lowest BCUT2D eigenvalue weighted by Crippen LogP contribution is -2.53. The lowest BCUT2D eigenvalue weighted by Gasteiger charge is -2.33. The van der Waals surface area contributed by atoms with Gasteiger partial charge in [-0.15, -0.1) is 0 Å². The van der Waals surface area contributed by atoms with Gasteiger partial charge in [0.15, 0.2) is 0 Å². The van der Waals surface area contributed by atoms with Crippen LogP contribution >= 0.6 is 27.5 Å². The SMILES string of the molecule is C[C@@H](C(=O)NC1CCCCC1)N(Cc1ccccc1Cl)C(=O)CN(c1cccc(Br)c1)S(=O)(=O)c1ccccc1. The van der Waals surface area contributed by atoms with E-state index in [-0.39, 0.29) is 23.4 Å². The van der Waals surface area contributed by atoms with Gasteiger partial charge in [0.2, 0.25) is 11.8 Å². The monoisotopic (exact) mass is 645 g/mol. The Kier molecular flexibility index (Phi) is 10.3. The Morgan fingerprint density at radius 2 is 1.65 bits per heavy atom. The molecule has 0 aliphatic heterocycles. The first-order chi connectivity index (χ1) is 19.2. The van der Waals surface area contributed by atoms with E-state index in [0.29, 0.717) is 20.7 Å². The molecule has 3 aromatic rings. The van der Waals surface area contributed by atoms with Gasteiger partial charge in [0.25, 0.3) is 10.0 Å². The van der Waals surface area contributed by atoms with Crippen molar-refractivity contribution in [2.24, 2.45) is 0 Å². The molecule has 0 spiro atoms. The fourth-order valence-corrected chi connectivity index (χ4v) is 6.85. The van der Waals surface area contributed by atoms with Crippen LogP contribution in [-0.2, 0) is 26.2 Å². The van der Waals surface area contributed by atoms with Crippen molar-refractivity contribution in [1.82, 2.24) is 10.2 Å². The highest BCUT2D eigenvalue weighted by Crippen LogP contribution is 2.27. The first-order valence-corrected chi connectivity index (χ1v) is 15.9. The van der Waals surface area contributed by atoms with Crippen molar-refractivity contribution in [2.75, 3.05) is 10.8 Å². The summed E-state index contributed by atoms with van der Waals surface area (Å²) in [6.07, 6.45) is 5.08. The van der Waals surface area contributed by atoms with Crippen LogP contribution in [0.25, 0.3) is 0 Å². The molecule has 0 saturated heterocycles. The molecule has 3 aromatic carbocycles. The second-order valence-corrected chi connectivity index (χ2v) is 13.1. The minimum absolute atomic E-state index is 0.0511. The molecule has 0 heterocycles. The number of hydrogen-bond donors (Lipinski definition) is 1. The van der Waals surface area contributed by atoms with Crippen molar-refractivity contribution in [3.63, 3.8) is 0 Å². The van der Waals surface area contributed by atoms with Gasteiger partial charge in [-0.1, -0.05) is 89.3 Å². The predicted octanol–water partition coefficient (Wildman–Crippen LogP) is 6.16. The molecule has 1 aliphatic carbocycles. The Morgan fingerprint density at radius 1 is 0.975 bits per heavy atom. The highest BCUT2D eigenvalue weighted by molar-refractivity contribution is 9.10. The van der Waals surface area contributed by atoms with Crippen molar-refractivity contribution in [3.8, 4) is 0 Å². The van der Waals surface area contributed by atoms with Gasteiger partial charge in [-0.25, -0.2) is 8.42 Å². The molecule has 212 valence electrons. The van der Waals surface area contributed by atoms with Crippen LogP contribution in [0, 0.1) is 0 Å². The lowest BCUT2D eigenvalue weighted by molar-refractivity contribution is -0.139. The third-order valence-corrected chi connectivity index (χ3v) is 9.77. The van der Waals surface area contributed by atoms with Gasteiger partial charge in [0.1, 0.15) is 12.6 Å². The van der Waals surface area contributed by atoms with Crippen LogP contribution in [0.3, 0.4) is 0 Å². The molecule has 1 fully saturated rings. The van der Waals surface area contributed by atoms with Crippen molar-refractivity contribution < 1.29 is 18.0 Å². The zero-order valence-corrected chi connectivity index (χ0v) is 25.5. The summed E-state index contributed by atoms with van der Waals surface area (Å²) in [7, 11) is -4.11. The predicted molar refractivity (Wildman–Crippen MR) is 162 cm³/mol. The zero-order chi connectivity index (χ0) is 28.7. The number of hydrogen-bond acceptors (Lipinski definition) is 4.